The maximum atomic E-state index is 13.0. The number of likely N-dealkylation sites (N-methyl/N-ethyl adjacent to an activating group) is 1. The Balaban J connectivity index is 1.56. The van der Waals surface area contributed by atoms with Crippen molar-refractivity contribution in [3.8, 4) is 11.3 Å². The predicted molar refractivity (Wildman–Crippen MR) is 94.7 cm³/mol. The van der Waals surface area contributed by atoms with Crippen molar-refractivity contribution in [1.82, 2.24) is 14.8 Å². The summed E-state index contributed by atoms with van der Waals surface area (Å²) in [4.78, 5) is 21.1. The maximum Gasteiger partial charge on any atom is 0.240 e. The number of hydrogen-bond acceptors (Lipinski definition) is 5. The standard InChI is InChI=1S/C17H21FN4OS/c1-21-7-2-8-22(10-9-21)11-16(23)20-17-19-15(12-24-17)13-3-5-14(18)6-4-13/h3-6,12H,2,7-11H2,1H3,(H,19,20,23). The van der Waals surface area contributed by atoms with Crippen LogP contribution < -0.4 is 5.32 Å². The van der Waals surface area contributed by atoms with Gasteiger partial charge in [0.15, 0.2) is 5.13 Å². The van der Waals surface area contributed by atoms with Crippen molar-refractivity contribution in [3.63, 3.8) is 0 Å². The molecule has 1 amide bonds. The minimum absolute atomic E-state index is 0.0421. The van der Waals surface area contributed by atoms with Gasteiger partial charge in [0, 0.05) is 24.0 Å². The van der Waals surface area contributed by atoms with E-state index in [4.69, 9.17) is 0 Å². The first kappa shape index (κ1) is 17.0. The van der Waals surface area contributed by atoms with Gasteiger partial charge in [-0.15, -0.1) is 11.3 Å². The summed E-state index contributed by atoms with van der Waals surface area (Å²) in [6, 6.07) is 6.18. The quantitative estimate of drug-likeness (QED) is 0.922. The molecule has 128 valence electrons. The second-order valence-electron chi connectivity index (χ2n) is 6.03. The highest BCUT2D eigenvalue weighted by atomic mass is 32.1. The third kappa shape index (κ3) is 4.59. The van der Waals surface area contributed by atoms with Crippen LogP contribution in [0.15, 0.2) is 29.6 Å². The van der Waals surface area contributed by atoms with Crippen molar-refractivity contribution in [2.75, 3.05) is 45.1 Å². The summed E-state index contributed by atoms with van der Waals surface area (Å²) >= 11 is 1.38. The van der Waals surface area contributed by atoms with Gasteiger partial charge in [0.2, 0.25) is 5.91 Å². The lowest BCUT2D eigenvalue weighted by Crippen LogP contribution is -2.35. The number of nitrogens with zero attached hydrogens (tertiary/aromatic N) is 3. The zero-order chi connectivity index (χ0) is 16.9. The van der Waals surface area contributed by atoms with Crippen molar-refractivity contribution >= 4 is 22.4 Å². The molecule has 0 unspecified atom stereocenters. The second kappa shape index (κ2) is 7.83. The van der Waals surface area contributed by atoms with Gasteiger partial charge in [0.05, 0.1) is 12.2 Å². The van der Waals surface area contributed by atoms with Crippen molar-refractivity contribution < 1.29 is 9.18 Å². The molecule has 1 aromatic heterocycles. The Morgan fingerprint density at radius 2 is 2.04 bits per heavy atom. The number of anilines is 1. The summed E-state index contributed by atoms with van der Waals surface area (Å²) in [5, 5.41) is 5.30. The molecule has 7 heteroatoms. The predicted octanol–water partition coefficient (Wildman–Crippen LogP) is 2.53. The number of thiazole rings is 1. The molecule has 1 aromatic carbocycles. The molecular formula is C17H21FN4OS. The molecule has 3 rings (SSSR count). The number of carbonyl (C=O) groups excluding carboxylic acids is 1. The van der Waals surface area contributed by atoms with Crippen LogP contribution in [0.4, 0.5) is 9.52 Å². The summed E-state index contributed by atoms with van der Waals surface area (Å²) in [5.41, 5.74) is 1.58. The first-order valence-corrected chi connectivity index (χ1v) is 8.90. The molecule has 0 spiro atoms. The van der Waals surface area contributed by atoms with Gasteiger partial charge in [0.1, 0.15) is 5.82 Å². The van der Waals surface area contributed by atoms with Crippen LogP contribution in [0.25, 0.3) is 11.3 Å². The molecule has 0 bridgehead atoms. The van der Waals surface area contributed by atoms with Crippen LogP contribution in [0.2, 0.25) is 0 Å². The highest BCUT2D eigenvalue weighted by Gasteiger charge is 2.16. The van der Waals surface area contributed by atoms with Crippen molar-refractivity contribution in [2.45, 2.75) is 6.42 Å². The highest BCUT2D eigenvalue weighted by molar-refractivity contribution is 7.14. The summed E-state index contributed by atoms with van der Waals surface area (Å²) in [7, 11) is 2.11. The smallest absolute Gasteiger partial charge is 0.240 e. The van der Waals surface area contributed by atoms with Crippen molar-refractivity contribution in [3.05, 3.63) is 35.5 Å². The Labute approximate surface area is 145 Å². The molecule has 0 saturated carbocycles. The number of hydrogen-bond donors (Lipinski definition) is 1. The fourth-order valence-corrected chi connectivity index (χ4v) is 3.44. The highest BCUT2D eigenvalue weighted by Crippen LogP contribution is 2.25. The largest absolute Gasteiger partial charge is 0.305 e. The zero-order valence-corrected chi connectivity index (χ0v) is 14.5. The molecule has 1 fully saturated rings. The Bertz CT molecular complexity index is 688. The first-order valence-electron chi connectivity index (χ1n) is 8.02. The number of aromatic nitrogens is 1. The Hall–Kier alpha value is -1.83. The van der Waals surface area contributed by atoms with Gasteiger partial charge in [-0.2, -0.15) is 0 Å². The molecule has 1 N–H and O–H groups in total. The van der Waals surface area contributed by atoms with E-state index in [1.54, 1.807) is 12.1 Å². The Morgan fingerprint density at radius 1 is 1.25 bits per heavy atom. The van der Waals surface area contributed by atoms with E-state index >= 15 is 0 Å². The lowest BCUT2D eigenvalue weighted by molar-refractivity contribution is -0.117. The fourth-order valence-electron chi connectivity index (χ4n) is 2.70. The second-order valence-corrected chi connectivity index (χ2v) is 6.88. The van der Waals surface area contributed by atoms with Crippen molar-refractivity contribution in [2.24, 2.45) is 0 Å². The van der Waals surface area contributed by atoms with E-state index in [9.17, 15) is 9.18 Å². The summed E-state index contributed by atoms with van der Waals surface area (Å²) < 4.78 is 13.0. The molecular weight excluding hydrogens is 327 g/mol. The topological polar surface area (TPSA) is 48.5 Å². The van der Waals surface area contributed by atoms with E-state index < -0.39 is 0 Å². The normalized spacial score (nSPS) is 16.8. The minimum Gasteiger partial charge on any atom is -0.305 e. The van der Waals surface area contributed by atoms with Gasteiger partial charge in [-0.05, 0) is 50.8 Å². The van der Waals surface area contributed by atoms with Crippen LogP contribution in [0.5, 0.6) is 0 Å². The lowest BCUT2D eigenvalue weighted by Gasteiger charge is -2.18. The zero-order valence-electron chi connectivity index (χ0n) is 13.7. The molecule has 1 saturated heterocycles. The minimum atomic E-state index is -0.273. The van der Waals surface area contributed by atoms with Crippen LogP contribution in [-0.2, 0) is 4.79 Å². The van der Waals surface area contributed by atoms with Crippen molar-refractivity contribution in [1.29, 1.82) is 0 Å². The van der Waals surface area contributed by atoms with Gasteiger partial charge in [0.25, 0.3) is 0 Å². The lowest BCUT2D eigenvalue weighted by atomic mass is 10.2. The van der Waals surface area contributed by atoms with Crippen LogP contribution >= 0.6 is 11.3 Å². The van der Waals surface area contributed by atoms with Gasteiger partial charge < -0.3 is 10.2 Å². The maximum absolute atomic E-state index is 13.0. The number of nitrogens with one attached hydrogen (secondary N) is 1. The van der Waals surface area contributed by atoms with Crippen LogP contribution in [0.3, 0.4) is 0 Å². The monoisotopic (exact) mass is 348 g/mol. The Morgan fingerprint density at radius 3 is 2.83 bits per heavy atom. The molecule has 1 aliphatic heterocycles. The van der Waals surface area contributed by atoms with Gasteiger partial charge >= 0.3 is 0 Å². The molecule has 0 radical (unpaired) electrons. The molecule has 0 aliphatic carbocycles. The molecule has 24 heavy (non-hydrogen) atoms. The SMILES string of the molecule is CN1CCCN(CC(=O)Nc2nc(-c3ccc(F)cc3)cs2)CC1. The van der Waals surface area contributed by atoms with Gasteiger partial charge in [-0.3, -0.25) is 9.69 Å². The molecule has 0 atom stereocenters. The first-order chi connectivity index (χ1) is 11.6. The molecule has 5 nitrogen and oxygen atoms in total. The van der Waals surface area contributed by atoms with E-state index in [1.165, 1.54) is 23.5 Å². The number of amides is 1. The summed E-state index contributed by atoms with van der Waals surface area (Å²) in [6.07, 6.45) is 1.08. The molecule has 1 aliphatic rings. The van der Waals surface area contributed by atoms with Gasteiger partial charge in [-0.25, -0.2) is 9.37 Å². The van der Waals surface area contributed by atoms with E-state index in [-0.39, 0.29) is 11.7 Å². The van der Waals surface area contributed by atoms with E-state index in [1.807, 2.05) is 5.38 Å². The van der Waals surface area contributed by atoms with Gasteiger partial charge in [-0.1, -0.05) is 0 Å². The van der Waals surface area contributed by atoms with E-state index in [2.05, 4.69) is 27.1 Å². The number of halogens is 1. The average Bonchev–Trinajstić information content (AvgIpc) is 2.91. The fraction of sp³-hybridized carbons (Fsp3) is 0.412. The van der Waals surface area contributed by atoms with E-state index in [0.717, 1.165) is 43.9 Å². The average molecular weight is 348 g/mol. The van der Waals surface area contributed by atoms with E-state index in [0.29, 0.717) is 11.7 Å². The Kier molecular flexibility index (Phi) is 5.55. The summed E-state index contributed by atoms with van der Waals surface area (Å²) in [5.74, 6) is -0.315. The third-order valence-corrected chi connectivity index (χ3v) is 4.83. The van der Waals surface area contributed by atoms with Crippen LogP contribution in [0.1, 0.15) is 6.42 Å². The van der Waals surface area contributed by atoms with Crippen LogP contribution in [-0.4, -0.2) is 60.5 Å². The molecule has 2 heterocycles. The van der Waals surface area contributed by atoms with Crippen LogP contribution in [0, 0.1) is 5.82 Å². The number of rotatable bonds is 4. The third-order valence-electron chi connectivity index (χ3n) is 4.07. The number of carbonyl (C=O) groups is 1. The number of benzene rings is 1. The summed E-state index contributed by atoms with van der Waals surface area (Å²) in [6.45, 7) is 4.29. The molecule has 2 aromatic rings.